The van der Waals surface area contributed by atoms with Crippen molar-refractivity contribution in [3.63, 3.8) is 0 Å². The third-order valence-corrected chi connectivity index (χ3v) is 8.72. The summed E-state index contributed by atoms with van der Waals surface area (Å²) in [6.45, 7) is 0.637. The fourth-order valence-electron chi connectivity index (χ4n) is 5.79. The van der Waals surface area contributed by atoms with Crippen molar-refractivity contribution in [2.45, 2.75) is 41.2 Å². The second-order valence-electron chi connectivity index (χ2n) is 9.54. The summed E-state index contributed by atoms with van der Waals surface area (Å²) in [5, 5.41) is 12.7. The Morgan fingerprint density at radius 1 is 1.09 bits per heavy atom. The molecule has 2 atom stereocenters. The first-order valence-electron chi connectivity index (χ1n) is 11.6. The zero-order valence-electron chi connectivity index (χ0n) is 18.7. The number of aromatic nitrogens is 1. The van der Waals surface area contributed by atoms with E-state index in [2.05, 4.69) is 0 Å². The Labute approximate surface area is 204 Å². The molecule has 1 saturated heterocycles. The van der Waals surface area contributed by atoms with E-state index in [1.54, 1.807) is 27.4 Å². The third kappa shape index (κ3) is 2.88. The lowest BCUT2D eigenvalue weighted by atomic mass is 9.92. The van der Waals surface area contributed by atoms with E-state index in [9.17, 15) is 14.7 Å². The van der Waals surface area contributed by atoms with E-state index < -0.39 is 34.8 Å². The van der Waals surface area contributed by atoms with Crippen LogP contribution >= 0.6 is 11.8 Å². The van der Waals surface area contributed by atoms with Gasteiger partial charge in [0.2, 0.25) is 5.43 Å². The molecule has 1 aromatic heterocycles. The minimum Gasteiger partial charge on any atom is -0.502 e. The molecule has 178 valence electrons. The molecule has 1 N–H and O–H groups in total. The quantitative estimate of drug-likeness (QED) is 0.563. The van der Waals surface area contributed by atoms with Crippen LogP contribution < -0.4 is 10.4 Å². The maximum Gasteiger partial charge on any atom is 0.278 e. The summed E-state index contributed by atoms with van der Waals surface area (Å²) >= 11 is 1.64. The van der Waals surface area contributed by atoms with E-state index in [1.165, 1.54) is 18.3 Å². The van der Waals surface area contributed by atoms with Gasteiger partial charge in [-0.25, -0.2) is 4.39 Å². The predicted octanol–water partition coefficient (Wildman–Crippen LogP) is 3.37. The highest BCUT2D eigenvalue weighted by atomic mass is 32.2. The maximum absolute atomic E-state index is 15.7. The van der Waals surface area contributed by atoms with Crippen LogP contribution in [0.1, 0.15) is 46.1 Å². The van der Waals surface area contributed by atoms with Gasteiger partial charge in [0, 0.05) is 28.5 Å². The molecule has 3 aromatic rings. The highest BCUT2D eigenvalue weighted by Crippen LogP contribution is 2.51. The van der Waals surface area contributed by atoms with Gasteiger partial charge in [0.1, 0.15) is 18.0 Å². The first-order chi connectivity index (χ1) is 17.0. The minimum absolute atomic E-state index is 0.0887. The van der Waals surface area contributed by atoms with E-state index >= 15 is 4.39 Å². The van der Waals surface area contributed by atoms with Crippen molar-refractivity contribution in [3.8, 4) is 5.75 Å². The molecular formula is C26H22FN3O4S. The van der Waals surface area contributed by atoms with Crippen LogP contribution in [0.5, 0.6) is 5.75 Å². The summed E-state index contributed by atoms with van der Waals surface area (Å²) in [7, 11) is 0. The smallest absolute Gasteiger partial charge is 0.278 e. The van der Waals surface area contributed by atoms with E-state index in [4.69, 9.17) is 4.74 Å². The lowest BCUT2D eigenvalue weighted by Gasteiger charge is -2.54. The van der Waals surface area contributed by atoms with Gasteiger partial charge < -0.3 is 14.7 Å². The van der Waals surface area contributed by atoms with Gasteiger partial charge >= 0.3 is 0 Å². The number of nitrogens with zero attached hydrogens (tertiary/aromatic N) is 3. The molecule has 9 heteroatoms. The third-order valence-electron chi connectivity index (χ3n) is 7.58. The van der Waals surface area contributed by atoms with Gasteiger partial charge in [-0.2, -0.15) is 0 Å². The molecule has 1 spiro atoms. The summed E-state index contributed by atoms with van der Waals surface area (Å²) in [5.41, 5.74) is 1.11. The number of ether oxygens (including phenoxy) is 1. The molecule has 2 aromatic carbocycles. The summed E-state index contributed by atoms with van der Waals surface area (Å²) in [6, 6.07) is 13.6. The Bertz CT molecular complexity index is 1450. The van der Waals surface area contributed by atoms with Crippen LogP contribution in [0, 0.1) is 5.82 Å². The van der Waals surface area contributed by atoms with Crippen molar-refractivity contribution in [2.24, 2.45) is 0 Å². The van der Waals surface area contributed by atoms with Gasteiger partial charge in [-0.1, -0.05) is 30.3 Å². The number of thioether (sulfide) groups is 1. The number of hydrogen-bond donors (Lipinski definition) is 1. The lowest BCUT2D eigenvalue weighted by Crippen LogP contribution is -2.70. The van der Waals surface area contributed by atoms with Crippen LogP contribution in [-0.4, -0.2) is 45.5 Å². The van der Waals surface area contributed by atoms with Crippen molar-refractivity contribution >= 4 is 17.7 Å². The van der Waals surface area contributed by atoms with Gasteiger partial charge in [0.25, 0.3) is 5.91 Å². The molecule has 35 heavy (non-hydrogen) atoms. The largest absolute Gasteiger partial charge is 0.502 e. The van der Waals surface area contributed by atoms with E-state index in [-0.39, 0.29) is 18.1 Å². The molecule has 7 rings (SSSR count). The Morgan fingerprint density at radius 2 is 1.91 bits per heavy atom. The van der Waals surface area contributed by atoms with Crippen LogP contribution in [0.25, 0.3) is 0 Å². The average molecular weight is 492 g/mol. The second kappa shape index (κ2) is 7.35. The molecule has 7 nitrogen and oxygen atoms in total. The average Bonchev–Trinajstić information content (AvgIpc) is 3.64. The normalized spacial score (nSPS) is 23.7. The van der Waals surface area contributed by atoms with Crippen molar-refractivity contribution in [1.29, 1.82) is 0 Å². The number of pyridine rings is 1. The highest BCUT2D eigenvalue weighted by molar-refractivity contribution is 7.98. The molecule has 3 aliphatic heterocycles. The minimum atomic E-state index is -0.621. The maximum atomic E-state index is 15.7. The van der Waals surface area contributed by atoms with Crippen LogP contribution in [-0.2, 0) is 10.5 Å². The number of halogens is 1. The summed E-state index contributed by atoms with van der Waals surface area (Å²) in [6.07, 6.45) is 2.52. The first-order valence-corrected chi connectivity index (χ1v) is 12.6. The standard InChI is InChI=1S/C26H22FN3O4S/c27-17-6-3-4-15-13-35-19-7-2-1-5-16(19)22(21(15)17)30-20-12-34-14-26(9-10-26)29(20)25(33)23-24(32)18(31)8-11-28(23)30/h1-8,11,20,22,32H,9-10,12-14H2/t20-,22-/m1/s1. The number of hydrogen-bond acceptors (Lipinski definition) is 6. The van der Waals surface area contributed by atoms with Crippen LogP contribution in [0.2, 0.25) is 0 Å². The number of morpholine rings is 1. The predicted molar refractivity (Wildman–Crippen MR) is 128 cm³/mol. The number of benzene rings is 2. The molecule has 2 fully saturated rings. The molecule has 0 bridgehead atoms. The first kappa shape index (κ1) is 21.0. The number of amides is 1. The molecule has 1 saturated carbocycles. The number of carbonyl (C=O) groups is 1. The van der Waals surface area contributed by atoms with Crippen molar-refractivity contribution < 1.29 is 19.0 Å². The van der Waals surface area contributed by atoms with Gasteiger partial charge in [-0.3, -0.25) is 19.3 Å². The van der Waals surface area contributed by atoms with Gasteiger partial charge in [0.15, 0.2) is 11.4 Å². The number of aromatic hydroxyl groups is 1. The highest BCUT2D eigenvalue weighted by Gasteiger charge is 2.60. The Kier molecular flexibility index (Phi) is 4.41. The van der Waals surface area contributed by atoms with E-state index in [0.29, 0.717) is 17.9 Å². The van der Waals surface area contributed by atoms with Gasteiger partial charge in [-0.05, 0) is 36.1 Å². The van der Waals surface area contributed by atoms with Crippen LogP contribution in [0.4, 0.5) is 4.39 Å². The molecular weight excluding hydrogens is 469 g/mol. The lowest BCUT2D eigenvalue weighted by molar-refractivity contribution is -0.0618. The summed E-state index contributed by atoms with van der Waals surface area (Å²) in [5.74, 6) is -0.719. The molecule has 0 radical (unpaired) electrons. The SMILES string of the molecule is O=C1c2c(O)c(=O)ccn2N([C@@H]2c3ccccc3SCc3cccc(F)c32)[C@@H]2COCC3(CC3)N12. The van der Waals surface area contributed by atoms with Crippen molar-refractivity contribution in [2.75, 3.05) is 18.2 Å². The van der Waals surface area contributed by atoms with E-state index in [1.807, 2.05) is 35.3 Å². The number of carbonyl (C=O) groups excluding carboxylic acids is 1. The molecule has 4 aliphatic rings. The monoisotopic (exact) mass is 491 g/mol. The zero-order chi connectivity index (χ0) is 23.9. The fourth-order valence-corrected chi connectivity index (χ4v) is 6.87. The molecule has 1 aliphatic carbocycles. The fraction of sp³-hybridized carbons (Fsp3) is 0.308. The number of rotatable bonds is 1. The molecule has 4 heterocycles. The Hall–Kier alpha value is -3.30. The van der Waals surface area contributed by atoms with Gasteiger partial charge in [0.05, 0.1) is 18.8 Å². The zero-order valence-corrected chi connectivity index (χ0v) is 19.5. The van der Waals surface area contributed by atoms with Gasteiger partial charge in [-0.15, -0.1) is 11.8 Å². The second-order valence-corrected chi connectivity index (χ2v) is 10.6. The summed E-state index contributed by atoms with van der Waals surface area (Å²) in [4.78, 5) is 29.0. The van der Waals surface area contributed by atoms with Crippen LogP contribution in [0.3, 0.4) is 0 Å². The van der Waals surface area contributed by atoms with E-state index in [0.717, 1.165) is 28.9 Å². The summed E-state index contributed by atoms with van der Waals surface area (Å²) < 4.78 is 23.2. The Balaban J connectivity index is 1.55. The number of fused-ring (bicyclic) bond motifs is 5. The molecule has 1 amide bonds. The molecule has 0 unspecified atom stereocenters. The van der Waals surface area contributed by atoms with Crippen molar-refractivity contribution in [3.05, 3.63) is 93.2 Å². The van der Waals surface area contributed by atoms with Crippen molar-refractivity contribution in [1.82, 2.24) is 9.58 Å². The van der Waals surface area contributed by atoms with Crippen LogP contribution in [0.15, 0.2) is 64.4 Å². The Morgan fingerprint density at radius 3 is 2.74 bits per heavy atom. The topological polar surface area (TPSA) is 75.0 Å².